The minimum absolute atomic E-state index is 0.513. The summed E-state index contributed by atoms with van der Waals surface area (Å²) in [6.45, 7) is 2.03. The highest BCUT2D eigenvalue weighted by molar-refractivity contribution is 6.10. The van der Waals surface area contributed by atoms with Crippen molar-refractivity contribution in [3.8, 4) is 29.2 Å². The molecule has 1 aliphatic heterocycles. The highest BCUT2D eigenvalue weighted by Gasteiger charge is 2.51. The van der Waals surface area contributed by atoms with Crippen molar-refractivity contribution in [2.24, 2.45) is 0 Å². The maximum atomic E-state index is 6.73. The van der Waals surface area contributed by atoms with E-state index in [2.05, 4.69) is 210 Å². The van der Waals surface area contributed by atoms with Gasteiger partial charge in [-0.25, -0.2) is 0 Å². The van der Waals surface area contributed by atoms with Crippen molar-refractivity contribution in [2.45, 2.75) is 12.3 Å². The SMILES string of the molecule is C#CC1=C(/C=C\C)C2(c3cc(N(c4ccccc4)c4cc5oc6ccccc6c5cc4N(c4ccccc4)c4ccccc4)ccc3O1)c1ccccc1-c1ccccc12. The van der Waals surface area contributed by atoms with E-state index in [9.17, 15) is 0 Å². The third-order valence-electron chi connectivity index (χ3n) is 11.9. The molecule has 0 saturated heterocycles. The number of nitrogens with zero attached hydrogens (tertiary/aromatic N) is 2. The molecule has 0 amide bonds. The van der Waals surface area contributed by atoms with Gasteiger partial charge >= 0.3 is 0 Å². The number of ether oxygens (including phenoxy) is 1. The van der Waals surface area contributed by atoms with E-state index in [1.54, 1.807) is 0 Å². The van der Waals surface area contributed by atoms with Crippen LogP contribution in [0.5, 0.6) is 5.75 Å². The molecule has 4 nitrogen and oxygen atoms in total. The Morgan fingerprint density at radius 3 is 1.63 bits per heavy atom. The Hall–Kier alpha value is -8.00. The molecule has 11 rings (SSSR count). The lowest BCUT2D eigenvalue weighted by Gasteiger charge is -2.40. The van der Waals surface area contributed by atoms with E-state index in [0.717, 1.165) is 72.9 Å². The number of para-hydroxylation sites is 4. The monoisotopic (exact) mass is 770 g/mol. The summed E-state index contributed by atoms with van der Waals surface area (Å²) in [6, 6.07) is 68.4. The minimum atomic E-state index is -0.751. The zero-order valence-electron chi connectivity index (χ0n) is 32.9. The van der Waals surface area contributed by atoms with Gasteiger partial charge in [-0.15, -0.1) is 6.42 Å². The number of allylic oxidation sites excluding steroid dienone is 4. The van der Waals surface area contributed by atoms with Crippen LogP contribution in [0.1, 0.15) is 23.6 Å². The summed E-state index contributed by atoms with van der Waals surface area (Å²) in [6.07, 6.45) is 10.5. The molecular formula is C56H38N2O2. The van der Waals surface area contributed by atoms with Gasteiger partial charge in [0.25, 0.3) is 0 Å². The van der Waals surface area contributed by atoms with Crippen LogP contribution in [0.4, 0.5) is 34.1 Å². The predicted molar refractivity (Wildman–Crippen MR) is 246 cm³/mol. The van der Waals surface area contributed by atoms with Gasteiger partial charge in [0, 0.05) is 50.7 Å². The molecule has 1 aromatic heterocycles. The number of fused-ring (bicyclic) bond motifs is 10. The Morgan fingerprint density at radius 2 is 1.03 bits per heavy atom. The van der Waals surface area contributed by atoms with Crippen molar-refractivity contribution in [3.63, 3.8) is 0 Å². The molecule has 1 aliphatic carbocycles. The van der Waals surface area contributed by atoms with Gasteiger partial charge in [0.05, 0.1) is 16.8 Å². The fourth-order valence-electron chi connectivity index (χ4n) is 9.50. The van der Waals surface area contributed by atoms with Gasteiger partial charge in [0.2, 0.25) is 0 Å². The van der Waals surface area contributed by atoms with Gasteiger partial charge in [-0.05, 0) is 102 Å². The maximum absolute atomic E-state index is 6.73. The van der Waals surface area contributed by atoms with Crippen molar-refractivity contribution >= 4 is 56.1 Å². The van der Waals surface area contributed by atoms with E-state index in [-0.39, 0.29) is 0 Å². The van der Waals surface area contributed by atoms with E-state index in [4.69, 9.17) is 15.6 Å². The van der Waals surface area contributed by atoms with E-state index in [1.165, 1.54) is 22.3 Å². The average Bonchev–Trinajstić information content (AvgIpc) is 3.82. The summed E-state index contributed by atoms with van der Waals surface area (Å²) in [4.78, 5) is 4.68. The predicted octanol–water partition coefficient (Wildman–Crippen LogP) is 14.7. The Labute approximate surface area is 349 Å². The average molecular weight is 771 g/mol. The van der Waals surface area contributed by atoms with Gasteiger partial charge in [-0.2, -0.15) is 0 Å². The zero-order chi connectivity index (χ0) is 40.2. The summed E-state index contributed by atoms with van der Waals surface area (Å²) in [5.41, 5.74) is 13.5. The molecule has 0 atom stereocenters. The maximum Gasteiger partial charge on any atom is 0.181 e. The summed E-state index contributed by atoms with van der Waals surface area (Å²) in [7, 11) is 0. The molecule has 2 aliphatic rings. The lowest BCUT2D eigenvalue weighted by molar-refractivity contribution is 0.408. The van der Waals surface area contributed by atoms with Crippen molar-refractivity contribution < 1.29 is 9.15 Å². The van der Waals surface area contributed by atoms with Gasteiger partial charge < -0.3 is 19.0 Å². The fourth-order valence-corrected chi connectivity index (χ4v) is 9.50. The highest BCUT2D eigenvalue weighted by atomic mass is 16.5. The normalized spacial score (nSPS) is 13.5. The molecule has 0 saturated carbocycles. The summed E-state index contributed by atoms with van der Waals surface area (Å²) >= 11 is 0. The molecule has 4 heteroatoms. The number of terminal acetylenes is 1. The fraction of sp³-hybridized carbons (Fsp3) is 0.0357. The molecule has 284 valence electrons. The Bertz CT molecular complexity index is 3120. The lowest BCUT2D eigenvalue weighted by atomic mass is 9.65. The smallest absolute Gasteiger partial charge is 0.181 e. The van der Waals surface area contributed by atoms with E-state index in [0.29, 0.717) is 5.76 Å². The van der Waals surface area contributed by atoms with Gasteiger partial charge in [-0.3, -0.25) is 0 Å². The first-order chi connectivity index (χ1) is 29.7. The summed E-state index contributed by atoms with van der Waals surface area (Å²) in [5, 5.41) is 2.10. The first kappa shape index (κ1) is 35.2. The molecule has 0 bridgehead atoms. The number of anilines is 6. The van der Waals surface area contributed by atoms with Crippen LogP contribution in [0.15, 0.2) is 222 Å². The second-order valence-corrected chi connectivity index (χ2v) is 15.1. The zero-order valence-corrected chi connectivity index (χ0v) is 32.9. The molecular weight excluding hydrogens is 733 g/mol. The Kier molecular flexibility index (Phi) is 8.28. The molecule has 0 N–H and O–H groups in total. The molecule has 9 aromatic rings. The number of furan rings is 1. The van der Waals surface area contributed by atoms with Crippen LogP contribution in [0.3, 0.4) is 0 Å². The van der Waals surface area contributed by atoms with Crippen LogP contribution >= 0.6 is 0 Å². The molecule has 2 heterocycles. The van der Waals surface area contributed by atoms with E-state index in [1.807, 2.05) is 19.1 Å². The van der Waals surface area contributed by atoms with Crippen LogP contribution in [0.2, 0.25) is 0 Å². The standard InChI is InChI=1S/C56H38N2O2/c1-3-20-48-52(4-2)59-54-34-33-41(35-49(54)56(48)46-30-17-14-27-42(46)43-28-15-18-31-47(43)56)58(40-25-12-7-13-26-40)51-37-55-45(44-29-16-19-32-53(44)60-55)36-50(51)57(38-21-8-5-9-22-38)39-23-10-6-11-24-39/h2-3,5-37H,1H3/b20-3-. The first-order valence-corrected chi connectivity index (χ1v) is 20.3. The van der Waals surface area contributed by atoms with Gasteiger partial charge in [-0.1, -0.05) is 133 Å². The number of rotatable bonds is 7. The second kappa shape index (κ2) is 14.1. The lowest BCUT2D eigenvalue weighted by Crippen LogP contribution is -2.34. The Morgan fingerprint density at radius 1 is 0.500 bits per heavy atom. The molecule has 1 spiro atoms. The quantitative estimate of drug-likeness (QED) is 0.151. The third kappa shape index (κ3) is 5.27. The molecule has 8 aromatic carbocycles. The van der Waals surface area contributed by atoms with Crippen molar-refractivity contribution in [1.82, 2.24) is 0 Å². The number of benzene rings is 8. The molecule has 0 unspecified atom stereocenters. The summed E-state index contributed by atoms with van der Waals surface area (Å²) < 4.78 is 13.4. The van der Waals surface area contributed by atoms with Gasteiger partial charge in [0.1, 0.15) is 16.9 Å². The Balaban J connectivity index is 1.24. The van der Waals surface area contributed by atoms with Crippen molar-refractivity contribution in [3.05, 3.63) is 234 Å². The second-order valence-electron chi connectivity index (χ2n) is 15.1. The molecule has 0 fully saturated rings. The van der Waals surface area contributed by atoms with E-state index >= 15 is 0 Å². The molecule has 0 radical (unpaired) electrons. The third-order valence-corrected chi connectivity index (χ3v) is 11.9. The van der Waals surface area contributed by atoms with Crippen LogP contribution in [-0.2, 0) is 5.41 Å². The minimum Gasteiger partial charge on any atom is -0.456 e. The number of hydrogen-bond acceptors (Lipinski definition) is 4. The first-order valence-electron chi connectivity index (χ1n) is 20.3. The van der Waals surface area contributed by atoms with Crippen LogP contribution in [0, 0.1) is 12.3 Å². The van der Waals surface area contributed by atoms with Gasteiger partial charge in [0.15, 0.2) is 5.76 Å². The van der Waals surface area contributed by atoms with Crippen LogP contribution in [0.25, 0.3) is 33.1 Å². The largest absolute Gasteiger partial charge is 0.456 e. The highest BCUT2D eigenvalue weighted by Crippen LogP contribution is 2.61. The van der Waals surface area contributed by atoms with Crippen LogP contribution < -0.4 is 14.5 Å². The van der Waals surface area contributed by atoms with E-state index < -0.39 is 5.41 Å². The van der Waals surface area contributed by atoms with Crippen LogP contribution in [-0.4, -0.2) is 0 Å². The van der Waals surface area contributed by atoms with Crippen molar-refractivity contribution in [2.75, 3.05) is 9.80 Å². The van der Waals surface area contributed by atoms with Crippen molar-refractivity contribution in [1.29, 1.82) is 0 Å². The topological polar surface area (TPSA) is 28.9 Å². The molecule has 60 heavy (non-hydrogen) atoms. The number of hydrogen-bond donors (Lipinski definition) is 0. The summed E-state index contributed by atoms with van der Waals surface area (Å²) in [5.74, 6) is 4.18.